The Morgan fingerprint density at radius 2 is 1.74 bits per heavy atom. The molecule has 0 bridgehead atoms. The van der Waals surface area contributed by atoms with Crippen LogP contribution in [-0.4, -0.2) is 63.7 Å². The van der Waals surface area contributed by atoms with E-state index in [1.807, 2.05) is 30.3 Å². The number of hydrogen-bond acceptors (Lipinski definition) is 6. The molecule has 2 aromatic rings. The van der Waals surface area contributed by atoms with Crippen molar-refractivity contribution in [3.05, 3.63) is 42.5 Å². The highest BCUT2D eigenvalue weighted by Crippen LogP contribution is 2.40. The number of rotatable bonds is 4. The highest BCUT2D eigenvalue weighted by atomic mass is 32.2. The minimum Gasteiger partial charge on any atom is -0.497 e. The average molecular weight is 462 g/mol. The van der Waals surface area contributed by atoms with Gasteiger partial charge >= 0.3 is 0 Å². The van der Waals surface area contributed by atoms with Crippen molar-refractivity contribution in [2.75, 3.05) is 49.6 Å². The predicted molar refractivity (Wildman–Crippen MR) is 124 cm³/mol. The second-order valence-electron chi connectivity index (χ2n) is 7.78. The maximum Gasteiger partial charge on any atom is 0.243 e. The standard InChI is InChI=1S/C22H27N3O4S2/c1-16-15-25(17(2)26)21-14-20(8-9-22(21)30-16)31(27,28)24-12-10-23(11-13-24)18-4-6-19(29-3)7-5-18/h4-9,14,16H,10-13,15H2,1-3H3/t16-/m1/s1. The molecule has 0 saturated carbocycles. The average Bonchev–Trinajstić information content (AvgIpc) is 2.78. The zero-order valence-corrected chi connectivity index (χ0v) is 19.6. The van der Waals surface area contributed by atoms with E-state index in [2.05, 4.69) is 11.8 Å². The fraction of sp³-hybridized carbons (Fsp3) is 0.409. The molecule has 0 aromatic heterocycles. The molecule has 0 aliphatic carbocycles. The number of sulfonamides is 1. The first kappa shape index (κ1) is 22.0. The first-order valence-corrected chi connectivity index (χ1v) is 12.6. The number of carbonyl (C=O) groups is 1. The molecule has 1 amide bonds. The molecule has 0 N–H and O–H groups in total. The number of methoxy groups -OCH3 is 1. The van der Waals surface area contributed by atoms with Gasteiger partial charge in [0.1, 0.15) is 5.75 Å². The summed E-state index contributed by atoms with van der Waals surface area (Å²) in [6.45, 7) is 6.22. The van der Waals surface area contributed by atoms with Crippen LogP contribution in [-0.2, 0) is 14.8 Å². The fourth-order valence-electron chi connectivity index (χ4n) is 4.00. The number of amides is 1. The summed E-state index contributed by atoms with van der Waals surface area (Å²) in [6, 6.07) is 12.9. The molecule has 7 nitrogen and oxygen atoms in total. The van der Waals surface area contributed by atoms with Gasteiger partial charge in [-0.25, -0.2) is 8.42 Å². The molecule has 1 saturated heterocycles. The van der Waals surface area contributed by atoms with Crippen LogP contribution >= 0.6 is 11.8 Å². The Hall–Kier alpha value is -2.23. The van der Waals surface area contributed by atoms with Crippen molar-refractivity contribution >= 4 is 39.1 Å². The fourth-order valence-corrected chi connectivity index (χ4v) is 6.54. The zero-order valence-electron chi connectivity index (χ0n) is 17.9. The lowest BCUT2D eigenvalue weighted by atomic mass is 10.2. The number of ether oxygens (including phenoxy) is 1. The number of hydrogen-bond donors (Lipinski definition) is 0. The number of piperazine rings is 1. The van der Waals surface area contributed by atoms with Crippen LogP contribution in [0.5, 0.6) is 5.75 Å². The summed E-state index contributed by atoms with van der Waals surface area (Å²) < 4.78 is 33.4. The van der Waals surface area contributed by atoms with Gasteiger partial charge in [0, 0.05) is 55.5 Å². The van der Waals surface area contributed by atoms with Crippen LogP contribution in [0.25, 0.3) is 0 Å². The van der Waals surface area contributed by atoms with Gasteiger partial charge in [-0.1, -0.05) is 6.92 Å². The third kappa shape index (κ3) is 4.40. The summed E-state index contributed by atoms with van der Waals surface area (Å²) in [7, 11) is -2.00. The first-order valence-electron chi connectivity index (χ1n) is 10.3. The van der Waals surface area contributed by atoms with Gasteiger partial charge in [0.25, 0.3) is 0 Å². The number of nitrogens with zero attached hydrogens (tertiary/aromatic N) is 3. The van der Waals surface area contributed by atoms with Crippen LogP contribution < -0.4 is 14.5 Å². The summed E-state index contributed by atoms with van der Waals surface area (Å²) in [4.78, 5) is 17.2. The van der Waals surface area contributed by atoms with Gasteiger partial charge in [0.2, 0.25) is 15.9 Å². The van der Waals surface area contributed by atoms with Gasteiger partial charge in [-0.2, -0.15) is 4.31 Å². The molecule has 0 spiro atoms. The summed E-state index contributed by atoms with van der Waals surface area (Å²) in [5, 5.41) is 0.268. The van der Waals surface area contributed by atoms with E-state index in [1.54, 1.807) is 35.9 Å². The third-order valence-corrected chi connectivity index (χ3v) is 8.73. The Kier molecular flexibility index (Phi) is 6.18. The van der Waals surface area contributed by atoms with Gasteiger partial charge < -0.3 is 14.5 Å². The van der Waals surface area contributed by atoms with Crippen molar-refractivity contribution in [3.63, 3.8) is 0 Å². The first-order chi connectivity index (χ1) is 14.8. The summed E-state index contributed by atoms with van der Waals surface area (Å²) in [5.41, 5.74) is 1.74. The molecule has 1 fully saturated rings. The van der Waals surface area contributed by atoms with E-state index in [1.165, 1.54) is 11.2 Å². The van der Waals surface area contributed by atoms with Crippen LogP contribution in [0.3, 0.4) is 0 Å². The normalized spacial score (nSPS) is 19.8. The largest absolute Gasteiger partial charge is 0.497 e. The zero-order chi connectivity index (χ0) is 22.2. The molecule has 166 valence electrons. The van der Waals surface area contributed by atoms with E-state index in [0.717, 1.165) is 16.3 Å². The van der Waals surface area contributed by atoms with Crippen molar-refractivity contribution in [2.45, 2.75) is 28.9 Å². The van der Waals surface area contributed by atoms with Crippen molar-refractivity contribution in [2.24, 2.45) is 0 Å². The van der Waals surface area contributed by atoms with E-state index in [9.17, 15) is 13.2 Å². The van der Waals surface area contributed by atoms with Gasteiger partial charge in [0.05, 0.1) is 17.7 Å². The maximum atomic E-state index is 13.3. The van der Waals surface area contributed by atoms with Gasteiger partial charge in [-0.3, -0.25) is 4.79 Å². The Labute approximate surface area is 188 Å². The van der Waals surface area contributed by atoms with E-state index < -0.39 is 10.0 Å². The number of fused-ring (bicyclic) bond motifs is 1. The Balaban J connectivity index is 1.52. The molecular weight excluding hydrogens is 434 g/mol. The molecule has 0 radical (unpaired) electrons. The number of benzene rings is 2. The van der Waals surface area contributed by atoms with Crippen molar-refractivity contribution in [1.29, 1.82) is 0 Å². The Morgan fingerprint density at radius 3 is 2.35 bits per heavy atom. The molecular formula is C22H27N3O4S2. The smallest absolute Gasteiger partial charge is 0.243 e. The molecule has 2 aliphatic heterocycles. The molecule has 2 heterocycles. The highest BCUT2D eigenvalue weighted by molar-refractivity contribution is 8.00. The number of carbonyl (C=O) groups excluding carboxylic acids is 1. The second-order valence-corrected chi connectivity index (χ2v) is 11.2. The van der Waals surface area contributed by atoms with Crippen LogP contribution in [0.2, 0.25) is 0 Å². The Morgan fingerprint density at radius 1 is 1.06 bits per heavy atom. The quantitative estimate of drug-likeness (QED) is 0.697. The number of thioether (sulfide) groups is 1. The molecule has 1 atom stereocenters. The SMILES string of the molecule is COc1ccc(N2CCN(S(=O)(=O)c3ccc4c(c3)N(C(C)=O)C[C@@H](C)S4)CC2)cc1. The molecule has 2 aromatic carbocycles. The van der Waals surface area contributed by atoms with Crippen molar-refractivity contribution in [3.8, 4) is 5.75 Å². The van der Waals surface area contributed by atoms with Crippen LogP contribution in [0.1, 0.15) is 13.8 Å². The highest BCUT2D eigenvalue weighted by Gasteiger charge is 2.31. The molecule has 31 heavy (non-hydrogen) atoms. The lowest BCUT2D eigenvalue weighted by Crippen LogP contribution is -2.48. The maximum absolute atomic E-state index is 13.3. The minimum absolute atomic E-state index is 0.0731. The lowest BCUT2D eigenvalue weighted by Gasteiger charge is -2.36. The molecule has 4 rings (SSSR count). The number of anilines is 2. The van der Waals surface area contributed by atoms with Crippen LogP contribution in [0, 0.1) is 0 Å². The molecule has 0 unspecified atom stereocenters. The predicted octanol–water partition coefficient (Wildman–Crippen LogP) is 3.05. The van der Waals surface area contributed by atoms with E-state index >= 15 is 0 Å². The van der Waals surface area contributed by atoms with E-state index in [0.29, 0.717) is 38.4 Å². The summed E-state index contributed by atoms with van der Waals surface area (Å²) >= 11 is 1.67. The Bertz CT molecular complexity index is 1060. The van der Waals surface area contributed by atoms with E-state index in [-0.39, 0.29) is 16.1 Å². The van der Waals surface area contributed by atoms with Gasteiger partial charge in [-0.05, 0) is 42.5 Å². The molecule has 9 heteroatoms. The van der Waals surface area contributed by atoms with Crippen molar-refractivity contribution < 1.29 is 17.9 Å². The molecule has 2 aliphatic rings. The third-order valence-electron chi connectivity index (χ3n) is 5.68. The summed E-state index contributed by atoms with van der Waals surface area (Å²) in [6.07, 6.45) is 0. The van der Waals surface area contributed by atoms with Gasteiger partial charge in [0.15, 0.2) is 0 Å². The van der Waals surface area contributed by atoms with Gasteiger partial charge in [-0.15, -0.1) is 11.8 Å². The summed E-state index contributed by atoms with van der Waals surface area (Å²) in [5.74, 6) is 0.723. The second kappa shape index (κ2) is 8.72. The van der Waals surface area contributed by atoms with Crippen LogP contribution in [0.4, 0.5) is 11.4 Å². The lowest BCUT2D eigenvalue weighted by molar-refractivity contribution is -0.116. The van der Waals surface area contributed by atoms with Crippen LogP contribution in [0.15, 0.2) is 52.3 Å². The topological polar surface area (TPSA) is 70.2 Å². The van der Waals surface area contributed by atoms with Crippen molar-refractivity contribution in [1.82, 2.24) is 4.31 Å². The minimum atomic E-state index is -3.64. The monoisotopic (exact) mass is 461 g/mol. The van der Waals surface area contributed by atoms with E-state index in [4.69, 9.17) is 4.74 Å².